The summed E-state index contributed by atoms with van der Waals surface area (Å²) in [6, 6.07) is 12.9. The van der Waals surface area contributed by atoms with Gasteiger partial charge in [0, 0.05) is 11.1 Å². The van der Waals surface area contributed by atoms with Crippen LogP contribution in [0.1, 0.15) is 48.4 Å². The van der Waals surface area contributed by atoms with Crippen LogP contribution in [0.3, 0.4) is 0 Å². The molecule has 0 spiro atoms. The Labute approximate surface area is 132 Å². The maximum absolute atomic E-state index is 12.9. The summed E-state index contributed by atoms with van der Waals surface area (Å²) in [6.07, 6.45) is 6.31. The summed E-state index contributed by atoms with van der Waals surface area (Å²) < 4.78 is 12.9. The van der Waals surface area contributed by atoms with Gasteiger partial charge in [-0.2, -0.15) is 0 Å². The predicted octanol–water partition coefficient (Wildman–Crippen LogP) is 5.13. The second-order valence-corrected chi connectivity index (χ2v) is 6.14. The Bertz CT molecular complexity index is 701. The molecule has 2 aromatic carbocycles. The summed E-state index contributed by atoms with van der Waals surface area (Å²) in [7, 11) is 0. The highest BCUT2D eigenvalue weighted by Crippen LogP contribution is 2.28. The first-order chi connectivity index (χ1) is 10.7. The summed E-state index contributed by atoms with van der Waals surface area (Å²) in [4.78, 5) is 0. The first kappa shape index (κ1) is 14.9. The van der Waals surface area contributed by atoms with Crippen LogP contribution in [-0.4, -0.2) is 0 Å². The third kappa shape index (κ3) is 3.57. The monoisotopic (exact) mass is 292 g/mol. The van der Waals surface area contributed by atoms with E-state index in [9.17, 15) is 4.39 Å². The topological polar surface area (TPSA) is 0 Å². The Balaban J connectivity index is 1.76. The fourth-order valence-corrected chi connectivity index (χ4v) is 3.24. The van der Waals surface area contributed by atoms with E-state index >= 15 is 0 Å². The van der Waals surface area contributed by atoms with E-state index in [1.807, 2.05) is 0 Å². The second kappa shape index (κ2) is 6.79. The van der Waals surface area contributed by atoms with Gasteiger partial charge in [-0.05, 0) is 72.7 Å². The smallest absolute Gasteiger partial charge is 0.123 e. The first-order valence-corrected chi connectivity index (χ1v) is 8.14. The molecule has 0 saturated carbocycles. The van der Waals surface area contributed by atoms with Crippen molar-refractivity contribution in [1.29, 1.82) is 0 Å². The van der Waals surface area contributed by atoms with Crippen LogP contribution in [0.15, 0.2) is 42.5 Å². The number of hydrogen-bond acceptors (Lipinski definition) is 0. The van der Waals surface area contributed by atoms with Crippen molar-refractivity contribution in [3.8, 4) is 11.8 Å². The van der Waals surface area contributed by atoms with Crippen molar-refractivity contribution >= 4 is 0 Å². The average molecular weight is 292 g/mol. The van der Waals surface area contributed by atoms with Gasteiger partial charge in [-0.15, -0.1) is 0 Å². The lowest BCUT2D eigenvalue weighted by atomic mass is 9.81. The van der Waals surface area contributed by atoms with Crippen molar-refractivity contribution < 1.29 is 4.39 Å². The van der Waals surface area contributed by atoms with E-state index in [2.05, 4.69) is 37.0 Å². The van der Waals surface area contributed by atoms with E-state index in [1.165, 1.54) is 55.4 Å². The Kier molecular flexibility index (Phi) is 4.59. The first-order valence-electron chi connectivity index (χ1n) is 8.14. The van der Waals surface area contributed by atoms with Gasteiger partial charge < -0.3 is 0 Å². The molecule has 0 radical (unpaired) electrons. The number of rotatable bonds is 2. The minimum Gasteiger partial charge on any atom is -0.207 e. The van der Waals surface area contributed by atoms with Gasteiger partial charge in [0.1, 0.15) is 5.82 Å². The molecule has 0 fully saturated rings. The molecule has 3 rings (SSSR count). The zero-order chi connectivity index (χ0) is 15.4. The third-order valence-corrected chi connectivity index (χ3v) is 4.43. The molecule has 1 aliphatic carbocycles. The minimum atomic E-state index is -0.221. The molecule has 0 heterocycles. The summed E-state index contributed by atoms with van der Waals surface area (Å²) in [6.45, 7) is 2.27. The Morgan fingerprint density at radius 1 is 1.00 bits per heavy atom. The van der Waals surface area contributed by atoms with Crippen molar-refractivity contribution in [3.05, 3.63) is 70.5 Å². The summed E-state index contributed by atoms with van der Waals surface area (Å²) in [5.41, 5.74) is 4.86. The molecule has 0 amide bonds. The summed E-state index contributed by atoms with van der Waals surface area (Å²) in [5, 5.41) is 0. The van der Waals surface area contributed by atoms with Crippen LogP contribution in [0.25, 0.3) is 0 Å². The van der Waals surface area contributed by atoms with Crippen LogP contribution in [-0.2, 0) is 12.8 Å². The molecule has 0 nitrogen and oxygen atoms in total. The Hall–Kier alpha value is -2.07. The normalized spacial score (nSPS) is 16.5. The maximum Gasteiger partial charge on any atom is 0.123 e. The fourth-order valence-electron chi connectivity index (χ4n) is 3.24. The SMILES string of the molecule is CCCC1CCc2cc(C#Cc3ccc(F)cc3)ccc2C1. The quantitative estimate of drug-likeness (QED) is 0.673. The summed E-state index contributed by atoms with van der Waals surface area (Å²) >= 11 is 0. The highest BCUT2D eigenvalue weighted by atomic mass is 19.1. The second-order valence-electron chi connectivity index (χ2n) is 6.14. The molecule has 0 bridgehead atoms. The molecule has 0 saturated heterocycles. The maximum atomic E-state index is 12.9. The number of hydrogen-bond donors (Lipinski definition) is 0. The number of halogens is 1. The largest absolute Gasteiger partial charge is 0.207 e. The lowest BCUT2D eigenvalue weighted by Crippen LogP contribution is -2.14. The van der Waals surface area contributed by atoms with Gasteiger partial charge in [0.2, 0.25) is 0 Å². The Morgan fingerprint density at radius 3 is 2.50 bits per heavy atom. The van der Waals surface area contributed by atoms with Gasteiger partial charge in [-0.25, -0.2) is 4.39 Å². The van der Waals surface area contributed by atoms with Crippen LogP contribution < -0.4 is 0 Å². The van der Waals surface area contributed by atoms with E-state index in [1.54, 1.807) is 12.1 Å². The molecule has 1 heteroatoms. The van der Waals surface area contributed by atoms with Gasteiger partial charge in [0.05, 0.1) is 0 Å². The third-order valence-electron chi connectivity index (χ3n) is 4.43. The van der Waals surface area contributed by atoms with Crippen LogP contribution in [0.5, 0.6) is 0 Å². The molecule has 22 heavy (non-hydrogen) atoms. The van der Waals surface area contributed by atoms with E-state index < -0.39 is 0 Å². The minimum absolute atomic E-state index is 0.221. The molecular formula is C21H21F. The van der Waals surface area contributed by atoms with Gasteiger partial charge in [-0.1, -0.05) is 37.7 Å². The number of aryl methyl sites for hydroxylation is 1. The zero-order valence-electron chi connectivity index (χ0n) is 13.0. The number of fused-ring (bicyclic) bond motifs is 1. The molecule has 0 aromatic heterocycles. The van der Waals surface area contributed by atoms with Crippen LogP contribution in [0.2, 0.25) is 0 Å². The van der Waals surface area contributed by atoms with Crippen LogP contribution in [0.4, 0.5) is 4.39 Å². The molecule has 1 atom stereocenters. The molecule has 1 aliphatic rings. The van der Waals surface area contributed by atoms with Gasteiger partial charge in [0.25, 0.3) is 0 Å². The highest BCUT2D eigenvalue weighted by molar-refractivity contribution is 5.46. The van der Waals surface area contributed by atoms with E-state index in [-0.39, 0.29) is 5.82 Å². The van der Waals surface area contributed by atoms with Gasteiger partial charge in [-0.3, -0.25) is 0 Å². The molecular weight excluding hydrogens is 271 g/mol. The average Bonchev–Trinajstić information content (AvgIpc) is 2.54. The van der Waals surface area contributed by atoms with Gasteiger partial charge >= 0.3 is 0 Å². The lowest BCUT2D eigenvalue weighted by Gasteiger charge is -2.24. The highest BCUT2D eigenvalue weighted by Gasteiger charge is 2.17. The molecule has 0 aliphatic heterocycles. The standard InChI is InChI=1S/C21H21F/c1-2-3-17-6-10-20-15-18(7-11-19(20)14-17)5-4-16-8-12-21(22)13-9-16/h7-9,11-13,15,17H,2-3,6,10,14H2,1H3. The Morgan fingerprint density at radius 2 is 1.73 bits per heavy atom. The van der Waals surface area contributed by atoms with Crippen LogP contribution >= 0.6 is 0 Å². The van der Waals surface area contributed by atoms with Crippen molar-refractivity contribution in [2.24, 2.45) is 5.92 Å². The molecule has 112 valence electrons. The number of benzene rings is 2. The van der Waals surface area contributed by atoms with Gasteiger partial charge in [0.15, 0.2) is 0 Å². The molecule has 1 unspecified atom stereocenters. The van der Waals surface area contributed by atoms with E-state index in [0.717, 1.165) is 17.0 Å². The van der Waals surface area contributed by atoms with Crippen molar-refractivity contribution in [1.82, 2.24) is 0 Å². The van der Waals surface area contributed by atoms with Crippen molar-refractivity contribution in [2.45, 2.75) is 39.0 Å². The summed E-state index contributed by atoms with van der Waals surface area (Å²) in [5.74, 6) is 6.94. The lowest BCUT2D eigenvalue weighted by molar-refractivity contribution is 0.423. The van der Waals surface area contributed by atoms with E-state index in [4.69, 9.17) is 0 Å². The molecule has 2 aromatic rings. The predicted molar refractivity (Wildman–Crippen MR) is 89.2 cm³/mol. The molecule has 0 N–H and O–H groups in total. The zero-order valence-corrected chi connectivity index (χ0v) is 13.0. The van der Waals surface area contributed by atoms with Crippen molar-refractivity contribution in [2.75, 3.05) is 0 Å². The van der Waals surface area contributed by atoms with Crippen LogP contribution in [0, 0.1) is 23.6 Å². The van der Waals surface area contributed by atoms with Crippen molar-refractivity contribution in [3.63, 3.8) is 0 Å². The van der Waals surface area contributed by atoms with E-state index in [0.29, 0.717) is 0 Å². The fraction of sp³-hybridized carbons (Fsp3) is 0.333.